The van der Waals surface area contributed by atoms with E-state index in [0.717, 1.165) is 16.8 Å². The first-order valence-electron chi connectivity index (χ1n) is 6.11. The van der Waals surface area contributed by atoms with Gasteiger partial charge in [-0.1, -0.05) is 12.1 Å². The predicted octanol–water partition coefficient (Wildman–Crippen LogP) is 2.72. The van der Waals surface area contributed by atoms with Gasteiger partial charge in [-0.3, -0.25) is 0 Å². The third-order valence-corrected chi connectivity index (χ3v) is 2.93. The van der Waals surface area contributed by atoms with Gasteiger partial charge in [0.25, 0.3) is 0 Å². The van der Waals surface area contributed by atoms with Crippen molar-refractivity contribution in [3.63, 3.8) is 0 Å². The Morgan fingerprint density at radius 3 is 2.70 bits per heavy atom. The molecule has 0 unspecified atom stereocenters. The van der Waals surface area contributed by atoms with Crippen molar-refractivity contribution in [2.75, 3.05) is 19.5 Å². The highest BCUT2D eigenvalue weighted by atomic mass is 16.5. The van der Waals surface area contributed by atoms with Crippen molar-refractivity contribution in [3.8, 4) is 11.6 Å². The molecule has 0 aliphatic rings. The Balaban J connectivity index is 2.02. The first-order valence-corrected chi connectivity index (χ1v) is 6.11. The Hall–Kier alpha value is -2.76. The highest BCUT2D eigenvalue weighted by Gasteiger charge is 2.10. The van der Waals surface area contributed by atoms with Crippen LogP contribution in [0.3, 0.4) is 0 Å². The van der Waals surface area contributed by atoms with Gasteiger partial charge in [0.15, 0.2) is 0 Å². The van der Waals surface area contributed by atoms with Gasteiger partial charge in [0, 0.05) is 6.20 Å². The van der Waals surface area contributed by atoms with Crippen LogP contribution < -0.4 is 14.8 Å². The minimum Gasteiger partial charge on any atom is -0.495 e. The highest BCUT2D eigenvalue weighted by molar-refractivity contribution is 5.82. The molecule has 0 bridgehead atoms. The van der Waals surface area contributed by atoms with Crippen LogP contribution in [0.15, 0.2) is 36.5 Å². The third-order valence-electron chi connectivity index (χ3n) is 2.93. The number of aromatic nitrogens is 3. The van der Waals surface area contributed by atoms with Crippen molar-refractivity contribution in [1.29, 1.82) is 0 Å². The topological polar surface area (TPSA) is 72.1 Å². The molecule has 2 N–H and O–H groups in total. The van der Waals surface area contributed by atoms with Gasteiger partial charge in [-0.25, -0.2) is 0 Å². The zero-order chi connectivity index (χ0) is 13.9. The Morgan fingerprint density at radius 2 is 1.90 bits per heavy atom. The molecule has 0 spiro atoms. The number of rotatable bonds is 4. The fraction of sp³-hybridized carbons (Fsp3) is 0.143. The molecular weight excluding hydrogens is 256 g/mol. The van der Waals surface area contributed by atoms with E-state index in [-0.39, 0.29) is 0 Å². The molecule has 1 aromatic carbocycles. The maximum absolute atomic E-state index is 5.29. The minimum atomic E-state index is 0.446. The number of hydrogen-bond donors (Lipinski definition) is 2. The van der Waals surface area contributed by atoms with E-state index in [1.807, 2.05) is 30.3 Å². The summed E-state index contributed by atoms with van der Waals surface area (Å²) in [6, 6.07) is 9.45. The standard InChI is InChI=1S/C14H14N4O2/c1-19-11-6-4-3-5-10(11)16-14-17-12-9(7-8-15-12)13(18-14)20-2/h3-8H,1-2H3,(H2,15,16,17,18). The van der Waals surface area contributed by atoms with Crippen LogP contribution in [-0.4, -0.2) is 29.2 Å². The molecule has 20 heavy (non-hydrogen) atoms. The molecule has 0 aliphatic heterocycles. The molecule has 0 aliphatic carbocycles. The Bertz CT molecular complexity index is 739. The van der Waals surface area contributed by atoms with Crippen molar-refractivity contribution in [2.45, 2.75) is 0 Å². The van der Waals surface area contributed by atoms with Crippen LogP contribution >= 0.6 is 0 Å². The molecule has 6 heteroatoms. The fourth-order valence-corrected chi connectivity index (χ4v) is 1.99. The Morgan fingerprint density at radius 1 is 1.05 bits per heavy atom. The van der Waals surface area contributed by atoms with Crippen LogP contribution in [0.5, 0.6) is 11.6 Å². The average molecular weight is 270 g/mol. The van der Waals surface area contributed by atoms with Gasteiger partial charge in [-0.05, 0) is 18.2 Å². The van der Waals surface area contributed by atoms with Crippen molar-refractivity contribution in [1.82, 2.24) is 15.0 Å². The average Bonchev–Trinajstić information content (AvgIpc) is 2.95. The zero-order valence-corrected chi connectivity index (χ0v) is 11.2. The first kappa shape index (κ1) is 12.3. The molecule has 0 fully saturated rings. The number of nitrogens with one attached hydrogen (secondary N) is 2. The number of para-hydroxylation sites is 2. The van der Waals surface area contributed by atoms with Crippen LogP contribution in [0, 0.1) is 0 Å². The van der Waals surface area contributed by atoms with Crippen molar-refractivity contribution >= 4 is 22.7 Å². The molecule has 2 heterocycles. The number of hydrogen-bond acceptors (Lipinski definition) is 5. The Labute approximate surface area is 115 Å². The van der Waals surface area contributed by atoms with E-state index < -0.39 is 0 Å². The van der Waals surface area contributed by atoms with Crippen LogP contribution in [0.4, 0.5) is 11.6 Å². The van der Waals surface area contributed by atoms with Crippen molar-refractivity contribution in [2.24, 2.45) is 0 Å². The van der Waals surface area contributed by atoms with Gasteiger partial charge >= 0.3 is 0 Å². The summed E-state index contributed by atoms with van der Waals surface area (Å²) in [5.74, 6) is 1.69. The lowest BCUT2D eigenvalue weighted by Gasteiger charge is -2.10. The fourth-order valence-electron chi connectivity index (χ4n) is 1.99. The zero-order valence-electron chi connectivity index (χ0n) is 11.2. The largest absolute Gasteiger partial charge is 0.495 e. The molecule has 6 nitrogen and oxygen atoms in total. The monoisotopic (exact) mass is 270 g/mol. The van der Waals surface area contributed by atoms with Gasteiger partial charge in [0.05, 0.1) is 25.3 Å². The van der Waals surface area contributed by atoms with Gasteiger partial charge in [0.2, 0.25) is 11.8 Å². The minimum absolute atomic E-state index is 0.446. The van der Waals surface area contributed by atoms with Gasteiger partial charge in [-0.15, -0.1) is 0 Å². The van der Waals surface area contributed by atoms with E-state index in [1.54, 1.807) is 20.4 Å². The van der Waals surface area contributed by atoms with Crippen molar-refractivity contribution in [3.05, 3.63) is 36.5 Å². The summed E-state index contributed by atoms with van der Waals surface area (Å²) in [4.78, 5) is 11.8. The first-order chi connectivity index (χ1) is 9.81. The number of H-pyrrole nitrogens is 1. The molecule has 2 aromatic heterocycles. The lowest BCUT2D eigenvalue weighted by atomic mass is 10.3. The predicted molar refractivity (Wildman–Crippen MR) is 76.7 cm³/mol. The van der Waals surface area contributed by atoms with Crippen LogP contribution in [-0.2, 0) is 0 Å². The van der Waals surface area contributed by atoms with E-state index in [4.69, 9.17) is 9.47 Å². The van der Waals surface area contributed by atoms with Gasteiger partial charge < -0.3 is 19.8 Å². The third kappa shape index (κ3) is 2.11. The van der Waals surface area contributed by atoms with Crippen molar-refractivity contribution < 1.29 is 9.47 Å². The number of aromatic amines is 1. The van der Waals surface area contributed by atoms with Crippen LogP contribution in [0.25, 0.3) is 11.0 Å². The molecule has 0 atom stereocenters. The molecule has 0 saturated carbocycles. The second kappa shape index (κ2) is 5.08. The lowest BCUT2D eigenvalue weighted by molar-refractivity contribution is 0.403. The quantitative estimate of drug-likeness (QED) is 0.762. The van der Waals surface area contributed by atoms with Gasteiger partial charge in [-0.2, -0.15) is 9.97 Å². The lowest BCUT2D eigenvalue weighted by Crippen LogP contribution is -2.01. The van der Waals surface area contributed by atoms with E-state index in [9.17, 15) is 0 Å². The summed E-state index contributed by atoms with van der Waals surface area (Å²) < 4.78 is 10.6. The maximum Gasteiger partial charge on any atom is 0.232 e. The van der Waals surface area contributed by atoms with E-state index in [2.05, 4.69) is 20.3 Å². The maximum atomic E-state index is 5.29. The number of ether oxygens (including phenoxy) is 2. The van der Waals surface area contributed by atoms with Crippen LogP contribution in [0.1, 0.15) is 0 Å². The summed E-state index contributed by atoms with van der Waals surface area (Å²) in [6.07, 6.45) is 1.80. The SMILES string of the molecule is COc1ccccc1Nc1nc(OC)c2cc[nH]c2n1. The number of nitrogens with zero attached hydrogens (tertiary/aromatic N) is 2. The number of methoxy groups -OCH3 is 2. The van der Waals surface area contributed by atoms with E-state index in [1.165, 1.54) is 0 Å². The Kier molecular flexibility index (Phi) is 3.12. The molecule has 0 radical (unpaired) electrons. The van der Waals surface area contributed by atoms with Gasteiger partial charge in [0.1, 0.15) is 11.4 Å². The number of anilines is 2. The number of benzene rings is 1. The van der Waals surface area contributed by atoms with Crippen LogP contribution in [0.2, 0.25) is 0 Å². The highest BCUT2D eigenvalue weighted by Crippen LogP contribution is 2.28. The smallest absolute Gasteiger partial charge is 0.232 e. The summed E-state index contributed by atoms with van der Waals surface area (Å²) in [5, 5.41) is 3.98. The molecule has 0 saturated heterocycles. The molecule has 0 amide bonds. The second-order valence-electron chi connectivity index (χ2n) is 4.12. The summed E-state index contributed by atoms with van der Waals surface area (Å²) in [6.45, 7) is 0. The van der Waals surface area contributed by atoms with E-state index in [0.29, 0.717) is 17.5 Å². The normalized spacial score (nSPS) is 10.5. The molecular formula is C14H14N4O2. The molecule has 102 valence electrons. The molecule has 3 rings (SSSR count). The number of fused-ring (bicyclic) bond motifs is 1. The summed E-state index contributed by atoms with van der Waals surface area (Å²) in [5.41, 5.74) is 1.51. The second-order valence-corrected chi connectivity index (χ2v) is 4.12. The summed E-state index contributed by atoms with van der Waals surface area (Å²) in [7, 11) is 3.21. The van der Waals surface area contributed by atoms with E-state index >= 15 is 0 Å². The summed E-state index contributed by atoms with van der Waals surface area (Å²) >= 11 is 0. The molecule has 3 aromatic rings.